The topological polar surface area (TPSA) is 17.1 Å². The highest BCUT2D eigenvalue weighted by Gasteiger charge is 2.57. The van der Waals surface area contributed by atoms with Crippen LogP contribution < -0.4 is 0 Å². The highest BCUT2D eigenvalue weighted by atomic mass is 16.1. The number of allylic oxidation sites excluding steroid dienone is 2. The molecule has 4 aliphatic rings. The molecule has 0 bridgehead atoms. The molecule has 0 heterocycles. The van der Waals surface area contributed by atoms with Crippen LogP contribution in [0.5, 0.6) is 0 Å². The second-order valence-electron chi connectivity index (χ2n) is 8.98. The lowest BCUT2D eigenvalue weighted by atomic mass is 9.45. The van der Waals surface area contributed by atoms with Gasteiger partial charge in [-0.2, -0.15) is 0 Å². The maximum atomic E-state index is 11.9. The molecule has 0 aromatic carbocycles. The zero-order chi connectivity index (χ0) is 14.8. The number of hydrogen-bond donors (Lipinski definition) is 0. The van der Waals surface area contributed by atoms with Gasteiger partial charge in [0.15, 0.2) is 0 Å². The van der Waals surface area contributed by atoms with Gasteiger partial charge in [-0.3, -0.25) is 4.79 Å². The summed E-state index contributed by atoms with van der Waals surface area (Å²) in [6.07, 6.45) is 12.3. The highest BCUT2D eigenvalue weighted by Crippen LogP contribution is 2.65. The van der Waals surface area contributed by atoms with E-state index in [9.17, 15) is 4.79 Å². The third-order valence-electron chi connectivity index (χ3n) is 8.45. The molecule has 0 amide bonds. The smallest absolute Gasteiger partial charge is 0.133 e. The zero-order valence-electron chi connectivity index (χ0n) is 14.0. The monoisotopic (exact) mass is 286 g/mol. The first-order valence-electron chi connectivity index (χ1n) is 9.14. The van der Waals surface area contributed by atoms with Crippen LogP contribution in [0.4, 0.5) is 0 Å². The SMILES string of the molecule is CC1=CC[C@@H]2[C@@H]3CC[C@@H]4CC(=O)CC[C@]4(C)[C@H]3CC[C@@]12C. The summed E-state index contributed by atoms with van der Waals surface area (Å²) < 4.78 is 0. The van der Waals surface area contributed by atoms with Crippen molar-refractivity contribution in [2.24, 2.45) is 34.5 Å². The fourth-order valence-corrected chi connectivity index (χ4v) is 6.83. The van der Waals surface area contributed by atoms with Crippen molar-refractivity contribution >= 4 is 5.78 Å². The van der Waals surface area contributed by atoms with Gasteiger partial charge >= 0.3 is 0 Å². The predicted octanol–water partition coefficient (Wildman–Crippen LogP) is 5.15. The Morgan fingerprint density at radius 2 is 1.90 bits per heavy atom. The molecule has 1 nitrogen and oxygen atoms in total. The van der Waals surface area contributed by atoms with Crippen molar-refractivity contribution in [2.75, 3.05) is 0 Å². The van der Waals surface area contributed by atoms with Crippen molar-refractivity contribution in [2.45, 2.75) is 72.1 Å². The molecule has 0 aromatic heterocycles. The summed E-state index contributed by atoms with van der Waals surface area (Å²) in [7, 11) is 0. The number of rotatable bonds is 0. The molecule has 0 aliphatic heterocycles. The van der Waals surface area contributed by atoms with Crippen LogP contribution in [-0.2, 0) is 4.79 Å². The number of carbonyl (C=O) groups is 1. The van der Waals surface area contributed by atoms with Crippen LogP contribution in [0.15, 0.2) is 11.6 Å². The highest BCUT2D eigenvalue weighted by molar-refractivity contribution is 5.79. The van der Waals surface area contributed by atoms with Gasteiger partial charge in [-0.25, -0.2) is 0 Å². The van der Waals surface area contributed by atoms with Gasteiger partial charge < -0.3 is 0 Å². The van der Waals surface area contributed by atoms with E-state index >= 15 is 0 Å². The summed E-state index contributed by atoms with van der Waals surface area (Å²) in [5, 5.41) is 0. The number of hydrogen-bond acceptors (Lipinski definition) is 1. The molecule has 0 N–H and O–H groups in total. The standard InChI is InChI=1S/C20H30O/c1-13-4-7-17-16-6-5-14-12-15(21)8-10-20(14,3)18(16)9-11-19(13,17)2/h4,14,16-18H,5-12H2,1-3H3/t14-,16+,17-,18+,19+,20+/m1/s1. The lowest BCUT2D eigenvalue weighted by Crippen LogP contribution is -2.53. The second-order valence-corrected chi connectivity index (χ2v) is 8.98. The molecule has 0 aromatic rings. The molecule has 116 valence electrons. The van der Waals surface area contributed by atoms with E-state index in [-0.39, 0.29) is 0 Å². The summed E-state index contributed by atoms with van der Waals surface area (Å²) in [6, 6.07) is 0. The van der Waals surface area contributed by atoms with Crippen molar-refractivity contribution < 1.29 is 4.79 Å². The molecule has 6 atom stereocenters. The minimum absolute atomic E-state index is 0.467. The van der Waals surface area contributed by atoms with Crippen molar-refractivity contribution in [3.05, 3.63) is 11.6 Å². The van der Waals surface area contributed by atoms with Gasteiger partial charge in [0, 0.05) is 12.8 Å². The molecule has 21 heavy (non-hydrogen) atoms. The van der Waals surface area contributed by atoms with Gasteiger partial charge in [0.1, 0.15) is 5.78 Å². The average molecular weight is 286 g/mol. The Balaban J connectivity index is 1.64. The number of carbonyl (C=O) groups excluding carboxylic acids is 1. The first kappa shape index (κ1) is 14.0. The molecular formula is C20H30O. The van der Waals surface area contributed by atoms with E-state index < -0.39 is 0 Å². The molecule has 3 fully saturated rings. The van der Waals surface area contributed by atoms with Gasteiger partial charge in [0.2, 0.25) is 0 Å². The molecule has 1 heteroatoms. The first-order valence-corrected chi connectivity index (χ1v) is 9.14. The van der Waals surface area contributed by atoms with Crippen LogP contribution >= 0.6 is 0 Å². The van der Waals surface area contributed by atoms with Crippen LogP contribution in [0.25, 0.3) is 0 Å². The normalized spacial score (nSPS) is 52.7. The summed E-state index contributed by atoms with van der Waals surface area (Å²) in [5.74, 6) is 3.94. The van der Waals surface area contributed by atoms with Gasteiger partial charge in [0.05, 0.1) is 0 Å². The summed E-state index contributed by atoms with van der Waals surface area (Å²) >= 11 is 0. The molecule has 4 rings (SSSR count). The number of ketones is 1. The molecular weight excluding hydrogens is 256 g/mol. The first-order chi connectivity index (χ1) is 9.95. The van der Waals surface area contributed by atoms with E-state index in [0.717, 1.165) is 30.6 Å². The van der Waals surface area contributed by atoms with Crippen LogP contribution in [0.2, 0.25) is 0 Å². The van der Waals surface area contributed by atoms with E-state index in [4.69, 9.17) is 0 Å². The maximum Gasteiger partial charge on any atom is 0.133 e. The van der Waals surface area contributed by atoms with E-state index in [1.54, 1.807) is 5.57 Å². The molecule has 4 aliphatic carbocycles. The van der Waals surface area contributed by atoms with Crippen molar-refractivity contribution in [1.82, 2.24) is 0 Å². The molecule has 3 saturated carbocycles. The largest absolute Gasteiger partial charge is 0.300 e. The summed E-state index contributed by atoms with van der Waals surface area (Å²) in [4.78, 5) is 11.9. The Morgan fingerprint density at radius 3 is 2.71 bits per heavy atom. The maximum absolute atomic E-state index is 11.9. The third-order valence-corrected chi connectivity index (χ3v) is 8.45. The lowest BCUT2D eigenvalue weighted by Gasteiger charge is -2.60. The van der Waals surface area contributed by atoms with Crippen LogP contribution in [0.3, 0.4) is 0 Å². The van der Waals surface area contributed by atoms with Crippen LogP contribution in [0, 0.1) is 34.5 Å². The lowest BCUT2D eigenvalue weighted by molar-refractivity contribution is -0.137. The predicted molar refractivity (Wildman–Crippen MR) is 85.9 cm³/mol. The minimum Gasteiger partial charge on any atom is -0.300 e. The van der Waals surface area contributed by atoms with Crippen LogP contribution in [0.1, 0.15) is 72.1 Å². The van der Waals surface area contributed by atoms with E-state index in [2.05, 4.69) is 26.8 Å². The van der Waals surface area contributed by atoms with Crippen LogP contribution in [-0.4, -0.2) is 5.78 Å². The van der Waals surface area contributed by atoms with E-state index in [1.807, 2.05) is 0 Å². The Kier molecular flexibility index (Phi) is 2.98. The minimum atomic E-state index is 0.467. The number of Topliss-reactive ketones (excluding diaryl/α,β-unsaturated/α-hetero) is 1. The zero-order valence-corrected chi connectivity index (χ0v) is 14.0. The Morgan fingerprint density at radius 1 is 1.10 bits per heavy atom. The molecule has 0 saturated heterocycles. The van der Waals surface area contributed by atoms with E-state index in [1.165, 1.54) is 38.5 Å². The average Bonchev–Trinajstić information content (AvgIpc) is 2.76. The molecule has 0 unspecified atom stereocenters. The summed E-state index contributed by atoms with van der Waals surface area (Å²) in [5.41, 5.74) is 2.63. The van der Waals surface area contributed by atoms with Gasteiger partial charge in [0.25, 0.3) is 0 Å². The Bertz CT molecular complexity index is 504. The second kappa shape index (κ2) is 4.46. The van der Waals surface area contributed by atoms with Crippen molar-refractivity contribution in [3.63, 3.8) is 0 Å². The van der Waals surface area contributed by atoms with Gasteiger partial charge in [-0.05, 0) is 80.0 Å². The van der Waals surface area contributed by atoms with Crippen molar-refractivity contribution in [3.8, 4) is 0 Å². The fraction of sp³-hybridized carbons (Fsp3) is 0.850. The number of fused-ring (bicyclic) bond motifs is 5. The Labute approximate surface area is 129 Å². The fourth-order valence-electron chi connectivity index (χ4n) is 6.83. The van der Waals surface area contributed by atoms with Gasteiger partial charge in [-0.15, -0.1) is 0 Å². The van der Waals surface area contributed by atoms with Crippen molar-refractivity contribution in [1.29, 1.82) is 0 Å². The van der Waals surface area contributed by atoms with E-state index in [0.29, 0.717) is 22.5 Å². The molecule has 0 radical (unpaired) electrons. The summed E-state index contributed by atoms with van der Waals surface area (Å²) in [6.45, 7) is 7.44. The quantitative estimate of drug-likeness (QED) is 0.562. The Hall–Kier alpha value is -0.590. The van der Waals surface area contributed by atoms with Gasteiger partial charge in [-0.1, -0.05) is 25.5 Å². The third kappa shape index (κ3) is 1.79. The molecule has 0 spiro atoms.